The molecule has 6 heteroatoms. The van der Waals surface area contributed by atoms with Crippen LogP contribution in [0.15, 0.2) is 18.3 Å². The normalized spacial score (nSPS) is 21.9. The van der Waals surface area contributed by atoms with E-state index in [2.05, 4.69) is 10.3 Å². The molecule has 1 fully saturated rings. The van der Waals surface area contributed by atoms with Crippen LogP contribution < -0.4 is 5.32 Å². The standard InChI is InChI=1S/C15H19N3O3/c1-9-4-5-13-16-10(2)14(18(13)6-9)15(19)17-11-7-21-8-12(11)20-3/h4-6,11-12H,7-8H2,1-3H3,(H,17,19)/t11-,12-/m0/s1. The number of imidazole rings is 1. The topological polar surface area (TPSA) is 64.9 Å². The van der Waals surface area contributed by atoms with Gasteiger partial charge in [-0.2, -0.15) is 0 Å². The van der Waals surface area contributed by atoms with Crippen LogP contribution in [0.3, 0.4) is 0 Å². The van der Waals surface area contributed by atoms with Gasteiger partial charge in [-0.3, -0.25) is 9.20 Å². The predicted octanol–water partition coefficient (Wildman–Crippen LogP) is 1.09. The summed E-state index contributed by atoms with van der Waals surface area (Å²) in [6, 6.07) is 3.77. The van der Waals surface area contributed by atoms with Gasteiger partial charge in [-0.15, -0.1) is 0 Å². The smallest absolute Gasteiger partial charge is 0.270 e. The van der Waals surface area contributed by atoms with Gasteiger partial charge in [0.1, 0.15) is 17.4 Å². The summed E-state index contributed by atoms with van der Waals surface area (Å²) in [6.45, 7) is 4.81. The first-order chi connectivity index (χ1) is 10.1. The van der Waals surface area contributed by atoms with Crippen molar-refractivity contribution in [3.8, 4) is 0 Å². The van der Waals surface area contributed by atoms with Gasteiger partial charge in [0, 0.05) is 13.3 Å². The molecule has 0 spiro atoms. The monoisotopic (exact) mass is 289 g/mol. The number of hydrogen-bond donors (Lipinski definition) is 1. The van der Waals surface area contributed by atoms with Gasteiger partial charge in [0.15, 0.2) is 0 Å². The lowest BCUT2D eigenvalue weighted by Crippen LogP contribution is -2.43. The second-order valence-electron chi connectivity index (χ2n) is 5.37. The van der Waals surface area contributed by atoms with Crippen LogP contribution in [0.2, 0.25) is 0 Å². The number of pyridine rings is 1. The van der Waals surface area contributed by atoms with Gasteiger partial charge in [-0.05, 0) is 25.5 Å². The molecular formula is C15H19N3O3. The molecule has 0 aliphatic carbocycles. The quantitative estimate of drug-likeness (QED) is 0.919. The van der Waals surface area contributed by atoms with Gasteiger partial charge in [0.05, 0.1) is 24.9 Å². The Labute approximate surface area is 123 Å². The molecular weight excluding hydrogens is 270 g/mol. The highest BCUT2D eigenvalue weighted by Crippen LogP contribution is 2.15. The summed E-state index contributed by atoms with van der Waals surface area (Å²) in [7, 11) is 1.63. The largest absolute Gasteiger partial charge is 0.377 e. The molecule has 3 heterocycles. The number of ether oxygens (including phenoxy) is 2. The zero-order valence-corrected chi connectivity index (χ0v) is 12.4. The highest BCUT2D eigenvalue weighted by atomic mass is 16.5. The Morgan fingerprint density at radius 2 is 2.24 bits per heavy atom. The van der Waals surface area contributed by atoms with Gasteiger partial charge < -0.3 is 14.8 Å². The van der Waals surface area contributed by atoms with Gasteiger partial charge in [-0.25, -0.2) is 4.98 Å². The molecule has 0 radical (unpaired) electrons. The molecule has 21 heavy (non-hydrogen) atoms. The van der Waals surface area contributed by atoms with Crippen LogP contribution in [0.1, 0.15) is 21.7 Å². The number of aryl methyl sites for hydroxylation is 2. The zero-order valence-electron chi connectivity index (χ0n) is 12.4. The maximum absolute atomic E-state index is 12.6. The number of carbonyl (C=O) groups is 1. The lowest BCUT2D eigenvalue weighted by Gasteiger charge is -2.17. The van der Waals surface area contributed by atoms with Crippen molar-refractivity contribution in [3.05, 3.63) is 35.3 Å². The molecule has 2 aromatic rings. The fourth-order valence-electron chi connectivity index (χ4n) is 2.68. The Morgan fingerprint density at radius 1 is 1.43 bits per heavy atom. The highest BCUT2D eigenvalue weighted by molar-refractivity contribution is 5.95. The minimum atomic E-state index is -0.150. The molecule has 0 unspecified atom stereocenters. The van der Waals surface area contributed by atoms with E-state index in [0.29, 0.717) is 24.6 Å². The van der Waals surface area contributed by atoms with Crippen molar-refractivity contribution in [2.24, 2.45) is 0 Å². The van der Waals surface area contributed by atoms with Gasteiger partial charge in [0.25, 0.3) is 5.91 Å². The molecule has 0 bridgehead atoms. The van der Waals surface area contributed by atoms with E-state index in [0.717, 1.165) is 11.2 Å². The number of carbonyl (C=O) groups excluding carboxylic acids is 1. The zero-order chi connectivity index (χ0) is 15.0. The van der Waals surface area contributed by atoms with Crippen LogP contribution in [0.25, 0.3) is 5.65 Å². The summed E-state index contributed by atoms with van der Waals surface area (Å²) in [4.78, 5) is 17.0. The molecule has 112 valence electrons. The van der Waals surface area contributed by atoms with Crippen LogP contribution in [-0.4, -0.2) is 47.8 Å². The summed E-state index contributed by atoms with van der Waals surface area (Å²) >= 11 is 0. The van der Waals surface area contributed by atoms with Crippen LogP contribution in [0.5, 0.6) is 0 Å². The van der Waals surface area contributed by atoms with E-state index in [4.69, 9.17) is 9.47 Å². The Hall–Kier alpha value is -1.92. The summed E-state index contributed by atoms with van der Waals surface area (Å²) in [6.07, 6.45) is 1.82. The fraction of sp³-hybridized carbons (Fsp3) is 0.467. The molecule has 0 aromatic carbocycles. The summed E-state index contributed by atoms with van der Waals surface area (Å²) in [5, 5.41) is 2.98. The van der Waals surface area contributed by atoms with Crippen molar-refractivity contribution in [3.63, 3.8) is 0 Å². The van der Waals surface area contributed by atoms with E-state index < -0.39 is 0 Å². The van der Waals surface area contributed by atoms with Crippen LogP contribution in [0.4, 0.5) is 0 Å². The minimum absolute atomic E-state index is 0.102. The van der Waals surface area contributed by atoms with Crippen LogP contribution in [-0.2, 0) is 9.47 Å². The Kier molecular flexibility index (Phi) is 3.65. The van der Waals surface area contributed by atoms with Crippen LogP contribution in [0, 0.1) is 13.8 Å². The maximum Gasteiger partial charge on any atom is 0.270 e. The number of hydrogen-bond acceptors (Lipinski definition) is 4. The minimum Gasteiger partial charge on any atom is -0.377 e. The van der Waals surface area contributed by atoms with Crippen molar-refractivity contribution in [2.75, 3.05) is 20.3 Å². The molecule has 0 saturated carbocycles. The molecule has 1 saturated heterocycles. The molecule has 3 rings (SSSR count). The van der Waals surface area contributed by atoms with Crippen molar-refractivity contribution >= 4 is 11.6 Å². The first kappa shape index (κ1) is 14.0. The van der Waals surface area contributed by atoms with Gasteiger partial charge in [0.2, 0.25) is 0 Å². The van der Waals surface area contributed by atoms with Crippen molar-refractivity contribution < 1.29 is 14.3 Å². The SMILES string of the molecule is CO[C@H]1COC[C@@H]1NC(=O)c1c(C)nc2ccc(C)cn12. The first-order valence-electron chi connectivity index (χ1n) is 6.97. The Morgan fingerprint density at radius 3 is 3.00 bits per heavy atom. The number of nitrogens with zero attached hydrogens (tertiary/aromatic N) is 2. The highest BCUT2D eigenvalue weighted by Gasteiger charge is 2.30. The second-order valence-corrected chi connectivity index (χ2v) is 5.37. The molecule has 1 aliphatic heterocycles. The van der Waals surface area contributed by atoms with E-state index in [-0.39, 0.29) is 18.1 Å². The summed E-state index contributed by atoms with van der Waals surface area (Å²) < 4.78 is 12.5. The average molecular weight is 289 g/mol. The molecule has 1 aliphatic rings. The first-order valence-corrected chi connectivity index (χ1v) is 6.97. The van der Waals surface area contributed by atoms with Crippen molar-refractivity contribution in [2.45, 2.75) is 26.0 Å². The number of methoxy groups -OCH3 is 1. The van der Waals surface area contributed by atoms with Gasteiger partial charge in [-0.1, -0.05) is 6.07 Å². The van der Waals surface area contributed by atoms with Crippen molar-refractivity contribution in [1.82, 2.24) is 14.7 Å². The maximum atomic E-state index is 12.6. The molecule has 2 aromatic heterocycles. The molecule has 1 amide bonds. The van der Waals surface area contributed by atoms with Crippen molar-refractivity contribution in [1.29, 1.82) is 0 Å². The van der Waals surface area contributed by atoms with E-state index in [1.54, 1.807) is 7.11 Å². The predicted molar refractivity (Wildman–Crippen MR) is 77.5 cm³/mol. The molecule has 2 atom stereocenters. The number of rotatable bonds is 3. The lowest BCUT2D eigenvalue weighted by atomic mass is 10.2. The number of nitrogens with one attached hydrogen (secondary N) is 1. The number of fused-ring (bicyclic) bond motifs is 1. The summed E-state index contributed by atoms with van der Waals surface area (Å²) in [5.74, 6) is -0.150. The molecule has 1 N–H and O–H groups in total. The van der Waals surface area contributed by atoms with Crippen LogP contribution >= 0.6 is 0 Å². The molecule has 6 nitrogen and oxygen atoms in total. The second kappa shape index (κ2) is 5.46. The summed E-state index contributed by atoms with van der Waals surface area (Å²) in [5.41, 5.74) is 3.13. The van der Waals surface area contributed by atoms with Gasteiger partial charge >= 0.3 is 0 Å². The Balaban J connectivity index is 1.91. The number of aromatic nitrogens is 2. The average Bonchev–Trinajstić information content (AvgIpc) is 3.01. The fourth-order valence-corrected chi connectivity index (χ4v) is 2.68. The third kappa shape index (κ3) is 2.52. The lowest BCUT2D eigenvalue weighted by molar-refractivity contribution is 0.0683. The third-order valence-corrected chi connectivity index (χ3v) is 3.80. The number of amides is 1. The van der Waals surface area contributed by atoms with E-state index >= 15 is 0 Å². The third-order valence-electron chi connectivity index (χ3n) is 3.80. The van der Waals surface area contributed by atoms with E-state index in [1.165, 1.54) is 0 Å². The van der Waals surface area contributed by atoms with E-state index in [9.17, 15) is 4.79 Å². The van der Waals surface area contributed by atoms with E-state index in [1.807, 2.05) is 36.6 Å². The Bertz CT molecular complexity index is 680.